The van der Waals surface area contributed by atoms with E-state index < -0.39 is 0 Å². The van der Waals surface area contributed by atoms with Crippen molar-refractivity contribution in [2.45, 2.75) is 18.9 Å². The average Bonchev–Trinajstić information content (AvgIpc) is 3.39. The zero-order chi connectivity index (χ0) is 21.2. The Hall–Kier alpha value is -3.44. The lowest BCUT2D eigenvalue weighted by Gasteiger charge is -2.15. The first kappa shape index (κ1) is 19.5. The highest BCUT2D eigenvalue weighted by Crippen LogP contribution is 2.36. The molecule has 0 spiro atoms. The van der Waals surface area contributed by atoms with Crippen LogP contribution in [0.3, 0.4) is 0 Å². The van der Waals surface area contributed by atoms with Gasteiger partial charge in [0.2, 0.25) is 0 Å². The second kappa shape index (κ2) is 8.36. The van der Waals surface area contributed by atoms with Crippen LogP contribution in [0, 0.1) is 0 Å². The van der Waals surface area contributed by atoms with Crippen LogP contribution in [0.5, 0.6) is 0 Å². The van der Waals surface area contributed by atoms with E-state index in [1.807, 2.05) is 24.3 Å². The van der Waals surface area contributed by atoms with Gasteiger partial charge in [-0.2, -0.15) is 0 Å². The van der Waals surface area contributed by atoms with Gasteiger partial charge in [-0.1, -0.05) is 48.5 Å². The lowest BCUT2D eigenvalue weighted by Crippen LogP contribution is -2.26. The number of hydrogen-bond acceptors (Lipinski definition) is 3. The summed E-state index contributed by atoms with van der Waals surface area (Å²) in [5.74, 6) is 1.07. The van der Waals surface area contributed by atoms with Crippen LogP contribution >= 0.6 is 0 Å². The van der Waals surface area contributed by atoms with E-state index in [2.05, 4.69) is 58.4 Å². The largest absolute Gasteiger partial charge is 0.383 e. The molecule has 1 amide bonds. The molecule has 2 heterocycles. The number of methoxy groups -OCH3 is 1. The Labute approximate surface area is 181 Å². The Bertz CT molecular complexity index is 1210. The van der Waals surface area contributed by atoms with Gasteiger partial charge in [-0.05, 0) is 47.4 Å². The summed E-state index contributed by atoms with van der Waals surface area (Å²) in [6, 6.07) is 25.2. The SMILES string of the molecule is COCCNC(=O)c1ccc(-c2ccc3nc4n(c3c2)C(c2ccccc2)CC4)cc1. The molecule has 5 heteroatoms. The van der Waals surface area contributed by atoms with Gasteiger partial charge in [0, 0.05) is 25.6 Å². The maximum atomic E-state index is 12.2. The van der Waals surface area contributed by atoms with Crippen molar-refractivity contribution in [3.63, 3.8) is 0 Å². The van der Waals surface area contributed by atoms with Gasteiger partial charge >= 0.3 is 0 Å². The topological polar surface area (TPSA) is 56.1 Å². The van der Waals surface area contributed by atoms with Crippen LogP contribution in [0.15, 0.2) is 72.8 Å². The van der Waals surface area contributed by atoms with Crippen LogP contribution in [-0.4, -0.2) is 35.7 Å². The standard InChI is InChI=1S/C26H25N3O2/c1-31-16-15-27-26(30)20-9-7-18(8-10-20)21-11-12-22-24(17-21)29-23(13-14-25(29)28-22)19-5-3-2-4-6-19/h2-12,17,23H,13-16H2,1H3,(H,27,30). The fourth-order valence-electron chi connectivity index (χ4n) is 4.42. The number of ether oxygens (including phenoxy) is 1. The van der Waals surface area contributed by atoms with Gasteiger partial charge in [0.25, 0.3) is 5.91 Å². The number of aromatic nitrogens is 2. The maximum Gasteiger partial charge on any atom is 0.251 e. The first-order valence-corrected chi connectivity index (χ1v) is 10.7. The van der Waals surface area contributed by atoms with Crippen molar-refractivity contribution in [3.8, 4) is 11.1 Å². The highest BCUT2D eigenvalue weighted by Gasteiger charge is 2.27. The summed E-state index contributed by atoms with van der Waals surface area (Å²) in [6.07, 6.45) is 2.08. The zero-order valence-electron chi connectivity index (χ0n) is 17.5. The molecule has 1 N–H and O–H groups in total. The van der Waals surface area contributed by atoms with Crippen molar-refractivity contribution in [3.05, 3.63) is 89.7 Å². The van der Waals surface area contributed by atoms with Crippen LogP contribution in [0.25, 0.3) is 22.2 Å². The molecule has 0 aliphatic carbocycles. The number of benzene rings is 3. The second-order valence-electron chi connectivity index (χ2n) is 7.89. The van der Waals surface area contributed by atoms with Crippen molar-refractivity contribution in [2.24, 2.45) is 0 Å². The van der Waals surface area contributed by atoms with Crippen molar-refractivity contribution in [2.75, 3.05) is 20.3 Å². The monoisotopic (exact) mass is 411 g/mol. The summed E-state index contributed by atoms with van der Waals surface area (Å²) >= 11 is 0. The Kier molecular flexibility index (Phi) is 5.26. The van der Waals surface area contributed by atoms with E-state index in [4.69, 9.17) is 9.72 Å². The molecule has 0 bridgehead atoms. The molecule has 156 valence electrons. The molecule has 1 aliphatic heterocycles. The number of nitrogens with zero attached hydrogens (tertiary/aromatic N) is 2. The fourth-order valence-corrected chi connectivity index (χ4v) is 4.42. The van der Waals surface area contributed by atoms with Gasteiger partial charge in [-0.25, -0.2) is 4.98 Å². The Morgan fingerprint density at radius 2 is 1.84 bits per heavy atom. The Morgan fingerprint density at radius 3 is 2.61 bits per heavy atom. The lowest BCUT2D eigenvalue weighted by molar-refractivity contribution is 0.0937. The molecular weight excluding hydrogens is 386 g/mol. The molecule has 0 saturated heterocycles. The van der Waals surface area contributed by atoms with Crippen LogP contribution in [0.1, 0.15) is 34.2 Å². The number of nitrogens with one attached hydrogen (secondary N) is 1. The molecular formula is C26H25N3O2. The number of amides is 1. The summed E-state index contributed by atoms with van der Waals surface area (Å²) in [5, 5.41) is 2.85. The molecule has 0 saturated carbocycles. The van der Waals surface area contributed by atoms with Gasteiger partial charge in [0.05, 0.1) is 23.7 Å². The number of imidazole rings is 1. The minimum atomic E-state index is -0.0848. The van der Waals surface area contributed by atoms with E-state index in [-0.39, 0.29) is 5.91 Å². The first-order valence-electron chi connectivity index (χ1n) is 10.7. The molecule has 0 fully saturated rings. The van der Waals surface area contributed by atoms with Crippen LogP contribution in [0.4, 0.5) is 0 Å². The van der Waals surface area contributed by atoms with E-state index in [0.717, 1.165) is 35.3 Å². The summed E-state index contributed by atoms with van der Waals surface area (Å²) in [5.41, 5.74) is 6.39. The lowest BCUT2D eigenvalue weighted by atomic mass is 10.0. The van der Waals surface area contributed by atoms with Gasteiger partial charge in [-0.15, -0.1) is 0 Å². The van der Waals surface area contributed by atoms with Gasteiger partial charge in [-0.3, -0.25) is 4.79 Å². The minimum Gasteiger partial charge on any atom is -0.383 e. The average molecular weight is 412 g/mol. The summed E-state index contributed by atoms with van der Waals surface area (Å²) < 4.78 is 7.37. The summed E-state index contributed by atoms with van der Waals surface area (Å²) in [6.45, 7) is 1.01. The molecule has 31 heavy (non-hydrogen) atoms. The van der Waals surface area contributed by atoms with Crippen molar-refractivity contribution in [1.82, 2.24) is 14.9 Å². The molecule has 1 aromatic heterocycles. The number of carbonyl (C=O) groups is 1. The summed E-state index contributed by atoms with van der Waals surface area (Å²) in [4.78, 5) is 17.1. The molecule has 1 aliphatic rings. The van der Waals surface area contributed by atoms with E-state index >= 15 is 0 Å². The van der Waals surface area contributed by atoms with Crippen molar-refractivity contribution in [1.29, 1.82) is 0 Å². The molecule has 5 rings (SSSR count). The number of rotatable bonds is 6. The molecule has 4 aromatic rings. The third kappa shape index (κ3) is 3.73. The summed E-state index contributed by atoms with van der Waals surface area (Å²) in [7, 11) is 1.62. The Balaban J connectivity index is 1.45. The van der Waals surface area contributed by atoms with Crippen LogP contribution in [0.2, 0.25) is 0 Å². The van der Waals surface area contributed by atoms with E-state index in [1.54, 1.807) is 7.11 Å². The van der Waals surface area contributed by atoms with Crippen LogP contribution < -0.4 is 5.32 Å². The smallest absolute Gasteiger partial charge is 0.251 e. The minimum absolute atomic E-state index is 0.0848. The van der Waals surface area contributed by atoms with Crippen molar-refractivity contribution >= 4 is 16.9 Å². The molecule has 5 nitrogen and oxygen atoms in total. The van der Waals surface area contributed by atoms with Gasteiger partial charge in [0.1, 0.15) is 5.82 Å². The predicted octanol–water partition coefficient (Wildman–Crippen LogP) is 4.62. The molecule has 3 aromatic carbocycles. The molecule has 1 atom stereocenters. The molecule has 0 radical (unpaired) electrons. The van der Waals surface area contributed by atoms with E-state index in [9.17, 15) is 4.79 Å². The van der Waals surface area contributed by atoms with Crippen LogP contribution in [-0.2, 0) is 11.2 Å². The van der Waals surface area contributed by atoms with Gasteiger partial charge < -0.3 is 14.6 Å². The highest BCUT2D eigenvalue weighted by atomic mass is 16.5. The maximum absolute atomic E-state index is 12.2. The molecule has 1 unspecified atom stereocenters. The Morgan fingerprint density at radius 1 is 1.06 bits per heavy atom. The number of fused-ring (bicyclic) bond motifs is 3. The van der Waals surface area contributed by atoms with Crippen molar-refractivity contribution < 1.29 is 9.53 Å². The number of hydrogen-bond donors (Lipinski definition) is 1. The fraction of sp³-hybridized carbons (Fsp3) is 0.231. The van der Waals surface area contributed by atoms with E-state index in [0.29, 0.717) is 24.8 Å². The normalized spacial score (nSPS) is 15.2. The number of aryl methyl sites for hydroxylation is 1. The third-order valence-electron chi connectivity index (χ3n) is 5.97. The predicted molar refractivity (Wildman–Crippen MR) is 122 cm³/mol. The quantitative estimate of drug-likeness (QED) is 0.471. The third-order valence-corrected chi connectivity index (χ3v) is 5.97. The number of carbonyl (C=O) groups excluding carboxylic acids is 1. The zero-order valence-corrected chi connectivity index (χ0v) is 17.5. The first-order chi connectivity index (χ1) is 15.2. The van der Waals surface area contributed by atoms with E-state index in [1.165, 1.54) is 11.1 Å². The second-order valence-corrected chi connectivity index (χ2v) is 7.89. The highest BCUT2D eigenvalue weighted by molar-refractivity contribution is 5.94. The van der Waals surface area contributed by atoms with Gasteiger partial charge in [0.15, 0.2) is 0 Å².